The number of nitro groups is 1. The van der Waals surface area contributed by atoms with Crippen LogP contribution in [0.2, 0.25) is 0 Å². The van der Waals surface area contributed by atoms with E-state index in [1.165, 1.54) is 0 Å². The summed E-state index contributed by atoms with van der Waals surface area (Å²) in [6.45, 7) is 1.81. The molecule has 0 saturated carbocycles. The van der Waals surface area contributed by atoms with Gasteiger partial charge in [-0.2, -0.15) is 0 Å². The van der Waals surface area contributed by atoms with Crippen LogP contribution < -0.4 is 10.5 Å². The number of nitro benzene ring substituents is 1. The Kier molecular flexibility index (Phi) is 5.79. The van der Waals surface area contributed by atoms with Crippen LogP contribution in [-0.2, 0) is 4.79 Å². The quantitative estimate of drug-likeness (QED) is 0.259. The minimum atomic E-state index is -1.92. The second-order valence-corrected chi connectivity index (χ2v) is 4.50. The van der Waals surface area contributed by atoms with Crippen LogP contribution in [0.15, 0.2) is 12.1 Å². The molecule has 1 rings (SSSR count). The average Bonchev–Trinajstić information content (AvgIpc) is 2.43. The summed E-state index contributed by atoms with van der Waals surface area (Å²) < 4.78 is 18.2. The highest BCUT2D eigenvalue weighted by Crippen LogP contribution is 2.32. The largest absolute Gasteiger partial charge is 0.478 e. The van der Waals surface area contributed by atoms with E-state index in [1.807, 2.05) is 6.92 Å². The lowest BCUT2D eigenvalue weighted by Gasteiger charge is -2.10. The Balaban J connectivity index is 3.08. The molecule has 0 amide bonds. The first kappa shape index (κ1) is 17.3. The second-order valence-electron chi connectivity index (χ2n) is 4.50. The molecule has 0 radical (unpaired) electrons. The van der Waals surface area contributed by atoms with E-state index in [2.05, 4.69) is 4.74 Å². The lowest BCUT2D eigenvalue weighted by atomic mass is 10.1. The molecule has 0 unspecified atom stereocenters. The molecule has 120 valence electrons. The van der Waals surface area contributed by atoms with E-state index in [-0.39, 0.29) is 12.1 Å². The van der Waals surface area contributed by atoms with E-state index < -0.39 is 40.0 Å². The minimum Gasteiger partial charge on any atom is -0.478 e. The molecule has 9 heteroatoms. The van der Waals surface area contributed by atoms with Crippen LogP contribution in [0.4, 0.5) is 15.8 Å². The zero-order valence-corrected chi connectivity index (χ0v) is 11.7. The number of carbonyl (C=O) groups is 2. The molecule has 0 fully saturated rings. The third-order valence-electron chi connectivity index (χ3n) is 2.84. The van der Waals surface area contributed by atoms with Crippen LogP contribution in [0.3, 0.4) is 0 Å². The first-order valence-electron chi connectivity index (χ1n) is 6.44. The zero-order chi connectivity index (χ0) is 16.9. The fourth-order valence-electron chi connectivity index (χ4n) is 1.67. The standard InChI is InChI=1S/C13H15FN2O6/c1-2-3-4-8(14)13(19)22-11-6-9(15)7(12(17)18)5-10(11)16(20)21/h5-6,8H,2-4,15H2,1H3,(H,17,18)/t8-/m1/s1. The second kappa shape index (κ2) is 7.34. The Bertz CT molecular complexity index is 604. The number of ether oxygens (including phenoxy) is 1. The van der Waals surface area contributed by atoms with Gasteiger partial charge in [-0.1, -0.05) is 19.8 Å². The Labute approximate surface area is 124 Å². The molecule has 0 heterocycles. The number of carbonyl (C=O) groups excluding carboxylic acids is 1. The number of carboxylic acids is 1. The highest BCUT2D eigenvalue weighted by Gasteiger charge is 2.26. The van der Waals surface area contributed by atoms with Crippen molar-refractivity contribution in [3.8, 4) is 5.75 Å². The highest BCUT2D eigenvalue weighted by molar-refractivity contribution is 5.95. The van der Waals surface area contributed by atoms with E-state index in [1.54, 1.807) is 0 Å². The summed E-state index contributed by atoms with van der Waals surface area (Å²) in [6, 6.07) is 1.49. The molecule has 0 bridgehead atoms. The molecule has 0 aliphatic heterocycles. The number of anilines is 1. The van der Waals surface area contributed by atoms with Crippen LogP contribution in [0.25, 0.3) is 0 Å². The third kappa shape index (κ3) is 4.14. The maximum Gasteiger partial charge on any atom is 0.346 e. The fourth-order valence-corrected chi connectivity index (χ4v) is 1.67. The van der Waals surface area contributed by atoms with Gasteiger partial charge in [-0.15, -0.1) is 0 Å². The van der Waals surface area contributed by atoms with Gasteiger partial charge < -0.3 is 15.6 Å². The molecule has 0 aliphatic carbocycles. The average molecular weight is 314 g/mol. The summed E-state index contributed by atoms with van der Waals surface area (Å²) in [5.41, 5.74) is 3.83. The molecule has 1 aromatic carbocycles. The molecule has 0 aliphatic rings. The molecule has 8 nitrogen and oxygen atoms in total. The fraction of sp³-hybridized carbons (Fsp3) is 0.385. The van der Waals surface area contributed by atoms with Gasteiger partial charge in [0.15, 0.2) is 6.17 Å². The van der Waals surface area contributed by atoms with Crippen LogP contribution >= 0.6 is 0 Å². The van der Waals surface area contributed by atoms with Gasteiger partial charge in [-0.25, -0.2) is 14.0 Å². The van der Waals surface area contributed by atoms with Crippen LogP contribution in [0.1, 0.15) is 36.5 Å². The van der Waals surface area contributed by atoms with E-state index in [0.29, 0.717) is 18.9 Å². The number of hydrogen-bond acceptors (Lipinski definition) is 6. The Hall–Kier alpha value is -2.71. The number of benzene rings is 1. The van der Waals surface area contributed by atoms with E-state index in [9.17, 15) is 24.1 Å². The van der Waals surface area contributed by atoms with E-state index >= 15 is 0 Å². The van der Waals surface area contributed by atoms with Crippen molar-refractivity contribution < 1.29 is 28.7 Å². The van der Waals surface area contributed by atoms with Crippen LogP contribution in [0, 0.1) is 10.1 Å². The first-order chi connectivity index (χ1) is 10.3. The number of halogens is 1. The SMILES string of the molecule is CCCC[C@@H](F)C(=O)Oc1cc(N)c(C(=O)O)cc1[N+](=O)[O-]. The van der Waals surface area contributed by atoms with E-state index in [0.717, 1.165) is 6.07 Å². The van der Waals surface area contributed by atoms with Crippen molar-refractivity contribution in [1.82, 2.24) is 0 Å². The normalized spacial score (nSPS) is 11.7. The summed E-state index contributed by atoms with van der Waals surface area (Å²) in [7, 11) is 0. The van der Waals surface area contributed by atoms with Crippen molar-refractivity contribution >= 4 is 23.3 Å². The number of nitrogens with two attached hydrogens (primary N) is 1. The molecule has 1 atom stereocenters. The van der Waals surface area contributed by atoms with Crippen molar-refractivity contribution in [2.45, 2.75) is 32.4 Å². The summed E-state index contributed by atoms with van der Waals surface area (Å²) in [5.74, 6) is -3.33. The Morgan fingerprint density at radius 1 is 1.50 bits per heavy atom. The topological polar surface area (TPSA) is 133 Å². The molecule has 0 spiro atoms. The zero-order valence-electron chi connectivity index (χ0n) is 11.7. The molecule has 0 saturated heterocycles. The maximum atomic E-state index is 13.5. The number of carboxylic acid groups (broad SMARTS) is 1. The van der Waals surface area contributed by atoms with Gasteiger partial charge in [0.05, 0.1) is 16.2 Å². The van der Waals surface area contributed by atoms with Gasteiger partial charge >= 0.3 is 17.6 Å². The van der Waals surface area contributed by atoms with Gasteiger partial charge in [0.2, 0.25) is 5.75 Å². The summed E-state index contributed by atoms with van der Waals surface area (Å²) in [5, 5.41) is 19.8. The van der Waals surface area contributed by atoms with Gasteiger partial charge in [-0.3, -0.25) is 10.1 Å². The molecule has 3 N–H and O–H groups in total. The molecule has 22 heavy (non-hydrogen) atoms. The van der Waals surface area contributed by atoms with Crippen molar-refractivity contribution in [2.24, 2.45) is 0 Å². The van der Waals surface area contributed by atoms with Gasteiger partial charge in [0.25, 0.3) is 0 Å². The smallest absolute Gasteiger partial charge is 0.346 e. The number of unbranched alkanes of at least 4 members (excludes halogenated alkanes) is 1. The number of nitrogens with zero attached hydrogens (tertiary/aromatic N) is 1. The van der Waals surface area contributed by atoms with E-state index in [4.69, 9.17) is 10.8 Å². The number of aromatic carboxylic acids is 1. The summed E-state index contributed by atoms with van der Waals surface area (Å²) >= 11 is 0. The minimum absolute atomic E-state index is 0.0637. The predicted molar refractivity (Wildman–Crippen MR) is 74.5 cm³/mol. The van der Waals surface area contributed by atoms with Crippen molar-refractivity contribution in [1.29, 1.82) is 0 Å². The monoisotopic (exact) mass is 314 g/mol. The van der Waals surface area contributed by atoms with Crippen molar-refractivity contribution in [3.63, 3.8) is 0 Å². The highest BCUT2D eigenvalue weighted by atomic mass is 19.1. The molecular weight excluding hydrogens is 299 g/mol. The Morgan fingerprint density at radius 3 is 2.64 bits per heavy atom. The van der Waals surface area contributed by atoms with Crippen LogP contribution in [-0.4, -0.2) is 28.1 Å². The summed E-state index contributed by atoms with van der Waals surface area (Å²) in [6.07, 6.45) is -0.849. The van der Waals surface area contributed by atoms with Gasteiger partial charge in [-0.05, 0) is 6.42 Å². The van der Waals surface area contributed by atoms with Gasteiger partial charge in [0.1, 0.15) is 0 Å². The van der Waals surface area contributed by atoms with Gasteiger partial charge in [0, 0.05) is 12.1 Å². The number of esters is 1. The maximum absolute atomic E-state index is 13.5. The van der Waals surface area contributed by atoms with Crippen molar-refractivity contribution in [3.05, 3.63) is 27.8 Å². The van der Waals surface area contributed by atoms with Crippen LogP contribution in [0.5, 0.6) is 5.75 Å². The number of hydrogen-bond donors (Lipinski definition) is 2. The lowest BCUT2D eigenvalue weighted by molar-refractivity contribution is -0.385. The predicted octanol–water partition coefficient (Wildman–Crippen LogP) is 2.31. The lowest BCUT2D eigenvalue weighted by Crippen LogP contribution is -2.22. The first-order valence-corrected chi connectivity index (χ1v) is 6.44. The number of rotatable bonds is 7. The molecule has 1 aromatic rings. The number of nitrogen functional groups attached to an aromatic ring is 1. The number of alkyl halides is 1. The third-order valence-corrected chi connectivity index (χ3v) is 2.84. The van der Waals surface area contributed by atoms with Crippen molar-refractivity contribution in [2.75, 3.05) is 5.73 Å². The molecular formula is C13H15FN2O6. The summed E-state index contributed by atoms with van der Waals surface area (Å²) in [4.78, 5) is 32.4. The Morgan fingerprint density at radius 2 is 2.14 bits per heavy atom. The molecule has 0 aromatic heterocycles.